The third-order valence-corrected chi connectivity index (χ3v) is 4.53. The molecule has 148 valence electrons. The number of nitrogens with two attached hydrogens (primary N) is 1. The lowest BCUT2D eigenvalue weighted by atomic mass is 9.91. The van der Waals surface area contributed by atoms with E-state index in [9.17, 15) is 9.59 Å². The zero-order chi connectivity index (χ0) is 20.0. The highest BCUT2D eigenvalue weighted by Crippen LogP contribution is 2.31. The van der Waals surface area contributed by atoms with Crippen molar-refractivity contribution < 1.29 is 19.1 Å². The summed E-state index contributed by atoms with van der Waals surface area (Å²) in [6.45, 7) is 9.29. The number of nitrogen functional groups attached to an aromatic ring is 1. The summed E-state index contributed by atoms with van der Waals surface area (Å²) in [5.41, 5.74) is 6.75. The lowest BCUT2D eigenvalue weighted by Crippen LogP contribution is -2.26. The number of hydrogen-bond acceptors (Lipinski definition) is 5. The molecule has 0 bridgehead atoms. The molecule has 0 saturated heterocycles. The quantitative estimate of drug-likeness (QED) is 0.472. The van der Waals surface area contributed by atoms with Crippen LogP contribution in [0.2, 0.25) is 0 Å². The zero-order valence-electron chi connectivity index (χ0n) is 16.8. The van der Waals surface area contributed by atoms with Gasteiger partial charge >= 0.3 is 0 Å². The van der Waals surface area contributed by atoms with Crippen molar-refractivity contribution in [1.82, 2.24) is 0 Å². The van der Waals surface area contributed by atoms with Gasteiger partial charge in [-0.3, -0.25) is 9.59 Å². The number of allylic oxidation sites excluding steroid dienone is 2. The Labute approximate surface area is 161 Å². The number of ether oxygens (including phenoxy) is 2. The first kappa shape index (κ1) is 21.0. The average Bonchev–Trinajstić information content (AvgIpc) is 2.60. The molecule has 0 aromatic heterocycles. The van der Waals surface area contributed by atoms with Gasteiger partial charge in [0, 0.05) is 11.3 Å². The van der Waals surface area contributed by atoms with Crippen LogP contribution in [-0.2, 0) is 9.47 Å². The summed E-state index contributed by atoms with van der Waals surface area (Å²) in [5.74, 6) is 0.421. The van der Waals surface area contributed by atoms with E-state index in [-0.39, 0.29) is 39.9 Å². The topological polar surface area (TPSA) is 78.6 Å². The number of anilines is 1. The lowest BCUT2D eigenvalue weighted by Gasteiger charge is -2.22. The Kier molecular flexibility index (Phi) is 7.45. The number of hydrogen-bond donors (Lipinski definition) is 1. The van der Waals surface area contributed by atoms with Crippen LogP contribution in [0, 0.1) is 11.8 Å². The highest BCUT2D eigenvalue weighted by Gasteiger charge is 2.36. The maximum atomic E-state index is 13.0. The molecule has 0 radical (unpaired) electrons. The molecule has 0 atom stereocenters. The number of benzene rings is 1. The molecule has 1 aromatic rings. The van der Waals surface area contributed by atoms with Crippen LogP contribution in [0.25, 0.3) is 0 Å². The summed E-state index contributed by atoms with van der Waals surface area (Å²) in [7, 11) is 0. The molecule has 0 saturated carbocycles. The van der Waals surface area contributed by atoms with Crippen LogP contribution in [0.5, 0.6) is 0 Å². The van der Waals surface area contributed by atoms with Crippen LogP contribution in [0.1, 0.15) is 74.1 Å². The number of Topliss-reactive ketones (excluding diaryl/α,β-unsaturated/α-hetero) is 2. The number of fused-ring (bicyclic) bond motifs is 1. The van der Waals surface area contributed by atoms with Gasteiger partial charge in [0.05, 0.1) is 18.8 Å². The smallest absolute Gasteiger partial charge is 0.234 e. The maximum Gasteiger partial charge on any atom is 0.234 e. The van der Waals surface area contributed by atoms with Crippen molar-refractivity contribution in [3.63, 3.8) is 0 Å². The first-order valence-corrected chi connectivity index (χ1v) is 9.80. The van der Waals surface area contributed by atoms with Crippen LogP contribution in [0.3, 0.4) is 0 Å². The minimum Gasteiger partial charge on any atom is -0.486 e. The van der Waals surface area contributed by atoms with Crippen molar-refractivity contribution >= 4 is 17.3 Å². The first-order chi connectivity index (χ1) is 12.8. The van der Waals surface area contributed by atoms with Crippen molar-refractivity contribution in [3.8, 4) is 0 Å². The molecule has 5 heteroatoms. The van der Waals surface area contributed by atoms with Crippen LogP contribution in [-0.4, -0.2) is 24.8 Å². The van der Waals surface area contributed by atoms with E-state index in [0.29, 0.717) is 25.0 Å². The summed E-state index contributed by atoms with van der Waals surface area (Å²) in [5, 5.41) is 0. The van der Waals surface area contributed by atoms with Crippen LogP contribution in [0.4, 0.5) is 5.69 Å². The van der Waals surface area contributed by atoms with E-state index in [1.54, 1.807) is 18.2 Å². The average molecular weight is 373 g/mol. The standard InChI is InChI=1S/C22H31NO4/c1-14(2)8-6-12-26-21-19(24)16-10-5-11-17(23)18(16)20(25)22(21)27-13-7-9-15(3)4/h5,10-11,14-15H,6-9,12-13,23H2,1-4H3. The summed E-state index contributed by atoms with van der Waals surface area (Å²) in [6, 6.07) is 4.90. The molecule has 2 rings (SSSR count). The largest absolute Gasteiger partial charge is 0.486 e. The van der Waals surface area contributed by atoms with Gasteiger partial charge in [-0.05, 0) is 43.6 Å². The second-order valence-electron chi connectivity index (χ2n) is 7.86. The molecule has 0 aliphatic heterocycles. The van der Waals surface area contributed by atoms with E-state index in [1.165, 1.54) is 0 Å². The number of rotatable bonds is 10. The second kappa shape index (κ2) is 9.58. The Bertz CT molecular complexity index is 719. The van der Waals surface area contributed by atoms with Crippen molar-refractivity contribution in [1.29, 1.82) is 0 Å². The Morgan fingerprint density at radius 1 is 0.852 bits per heavy atom. The summed E-state index contributed by atoms with van der Waals surface area (Å²) >= 11 is 0. The normalized spacial score (nSPS) is 14.1. The molecule has 0 spiro atoms. The molecular formula is C22H31NO4. The van der Waals surface area contributed by atoms with Gasteiger partial charge in [-0.2, -0.15) is 0 Å². The van der Waals surface area contributed by atoms with E-state index in [0.717, 1.165) is 25.7 Å². The van der Waals surface area contributed by atoms with Crippen LogP contribution < -0.4 is 5.73 Å². The molecule has 27 heavy (non-hydrogen) atoms. The third-order valence-electron chi connectivity index (χ3n) is 4.53. The fraction of sp³-hybridized carbons (Fsp3) is 0.545. The van der Waals surface area contributed by atoms with Crippen molar-refractivity contribution in [2.45, 2.75) is 53.4 Å². The van der Waals surface area contributed by atoms with Crippen molar-refractivity contribution in [2.24, 2.45) is 11.8 Å². The fourth-order valence-electron chi connectivity index (χ4n) is 3.05. The highest BCUT2D eigenvalue weighted by atomic mass is 16.5. The predicted octanol–water partition coefficient (Wildman–Crippen LogP) is 4.77. The van der Waals surface area contributed by atoms with Gasteiger partial charge in [0.2, 0.25) is 23.1 Å². The predicted molar refractivity (Wildman–Crippen MR) is 107 cm³/mol. The lowest BCUT2D eigenvalue weighted by molar-refractivity contribution is 0.0741. The fourth-order valence-corrected chi connectivity index (χ4v) is 3.05. The summed E-state index contributed by atoms with van der Waals surface area (Å²) in [4.78, 5) is 25.9. The highest BCUT2D eigenvalue weighted by molar-refractivity contribution is 6.27. The van der Waals surface area contributed by atoms with Gasteiger partial charge < -0.3 is 15.2 Å². The van der Waals surface area contributed by atoms with Crippen LogP contribution >= 0.6 is 0 Å². The first-order valence-electron chi connectivity index (χ1n) is 9.80. The van der Waals surface area contributed by atoms with Crippen molar-refractivity contribution in [2.75, 3.05) is 18.9 Å². The second-order valence-corrected chi connectivity index (χ2v) is 7.86. The van der Waals surface area contributed by atoms with Gasteiger partial charge in [0.1, 0.15) is 0 Å². The molecule has 0 heterocycles. The Morgan fingerprint density at radius 2 is 1.37 bits per heavy atom. The van der Waals surface area contributed by atoms with E-state index in [1.807, 2.05) is 0 Å². The Hall–Kier alpha value is -2.30. The molecule has 0 fully saturated rings. The number of ketones is 2. The monoisotopic (exact) mass is 373 g/mol. The molecule has 5 nitrogen and oxygen atoms in total. The Morgan fingerprint density at radius 3 is 1.89 bits per heavy atom. The third kappa shape index (κ3) is 5.34. The summed E-state index contributed by atoms with van der Waals surface area (Å²) < 4.78 is 11.5. The van der Waals surface area contributed by atoms with Crippen LogP contribution in [0.15, 0.2) is 29.7 Å². The minimum atomic E-state index is -0.369. The molecule has 2 N–H and O–H groups in total. The van der Waals surface area contributed by atoms with E-state index < -0.39 is 0 Å². The minimum absolute atomic E-state index is 0.00120. The number of carbonyl (C=O) groups is 2. The molecule has 1 aromatic carbocycles. The molecular weight excluding hydrogens is 342 g/mol. The molecule has 1 aliphatic carbocycles. The molecule has 1 aliphatic rings. The van der Waals surface area contributed by atoms with Gasteiger partial charge in [0.25, 0.3) is 0 Å². The number of carbonyl (C=O) groups excluding carboxylic acids is 2. The van der Waals surface area contributed by atoms with Gasteiger partial charge in [-0.15, -0.1) is 0 Å². The van der Waals surface area contributed by atoms with Crippen molar-refractivity contribution in [3.05, 3.63) is 40.8 Å². The van der Waals surface area contributed by atoms with E-state index >= 15 is 0 Å². The van der Waals surface area contributed by atoms with Gasteiger partial charge in [-0.25, -0.2) is 0 Å². The Balaban J connectivity index is 2.23. The van der Waals surface area contributed by atoms with E-state index in [2.05, 4.69) is 27.7 Å². The van der Waals surface area contributed by atoms with Gasteiger partial charge in [-0.1, -0.05) is 39.8 Å². The molecule has 0 unspecified atom stereocenters. The zero-order valence-corrected chi connectivity index (χ0v) is 16.8. The maximum absolute atomic E-state index is 13.0. The van der Waals surface area contributed by atoms with E-state index in [4.69, 9.17) is 15.2 Å². The summed E-state index contributed by atoms with van der Waals surface area (Å²) in [6.07, 6.45) is 3.59. The van der Waals surface area contributed by atoms with Gasteiger partial charge in [0.15, 0.2) is 0 Å². The molecule has 0 amide bonds. The SMILES string of the molecule is CC(C)CCCOC1=C(OCCCC(C)C)C(=O)c2c(N)cccc2C1=O.